The lowest BCUT2D eigenvalue weighted by Gasteiger charge is -2.45. The molecule has 4 rings (SSSR count). The van der Waals surface area contributed by atoms with Gasteiger partial charge in [-0.2, -0.15) is 13.2 Å². The van der Waals surface area contributed by atoms with Gasteiger partial charge in [-0.1, -0.05) is 5.16 Å². The molecule has 3 atom stereocenters. The van der Waals surface area contributed by atoms with E-state index < -0.39 is 62.0 Å². The Bertz CT molecular complexity index is 1680. The highest BCUT2D eigenvalue weighted by Crippen LogP contribution is 2.46. The largest absolute Gasteiger partial charge is 0.490 e. The number of nitrogens with two attached hydrogens (primary N) is 1. The summed E-state index contributed by atoms with van der Waals surface area (Å²) in [6.45, 7) is 2.85. The lowest BCUT2D eigenvalue weighted by molar-refractivity contribution is -0.203. The Hall–Kier alpha value is -4.22. The molecule has 2 aromatic heterocycles. The summed E-state index contributed by atoms with van der Waals surface area (Å²) in [5.74, 6) is -4.13. The number of amidine groups is 1. The molecule has 0 amide bonds. The molecule has 1 unspecified atom stereocenters. The smallest absolute Gasteiger partial charge is 0.470 e. The van der Waals surface area contributed by atoms with Crippen LogP contribution in [0.5, 0.6) is 5.88 Å². The van der Waals surface area contributed by atoms with Crippen LogP contribution in [0.15, 0.2) is 50.5 Å². The third-order valence-corrected chi connectivity index (χ3v) is 10.1. The average molecular weight is 635 g/mol. The zero-order valence-electron chi connectivity index (χ0n) is 22.9. The second-order valence-corrected chi connectivity index (χ2v) is 12.8. The Labute approximate surface area is 240 Å². The van der Waals surface area contributed by atoms with Crippen molar-refractivity contribution >= 4 is 21.5 Å². The first-order valence-electron chi connectivity index (χ1n) is 12.2. The molecule has 0 spiro atoms. The van der Waals surface area contributed by atoms with E-state index in [1.165, 1.54) is 32.2 Å². The molecule has 2 N–H and O–H groups in total. The number of carbonyl (C=O) groups is 1. The maximum absolute atomic E-state index is 15.4. The van der Waals surface area contributed by atoms with Crippen LogP contribution < -0.4 is 10.5 Å². The number of hydrogen-bond acceptors (Lipinski definition) is 11. The van der Waals surface area contributed by atoms with Crippen LogP contribution in [0.4, 0.5) is 26.3 Å². The van der Waals surface area contributed by atoms with Crippen molar-refractivity contribution < 1.29 is 49.3 Å². The second-order valence-electron chi connectivity index (χ2n) is 9.85. The molecule has 0 saturated carbocycles. The van der Waals surface area contributed by atoms with Gasteiger partial charge in [0.1, 0.15) is 43.1 Å². The highest BCUT2D eigenvalue weighted by atomic mass is 32.2. The second kappa shape index (κ2) is 11.1. The first kappa shape index (κ1) is 31.7. The number of aliphatic imine (C=N–C) groups is 1. The fourth-order valence-electron chi connectivity index (χ4n) is 4.29. The van der Waals surface area contributed by atoms with Gasteiger partial charge in [0.25, 0.3) is 6.43 Å². The standard InChI is InChI=1S/C25H24F6N6O5S/c1-23(2)20(32)36-24(3,22(43(23,39)33-4)41-21(38)25(29,30)31)13-7-12(5-6-14(13)26)17-8-15(37-42-17)16-9-35-19(10-34-16)40-11-18(27)28/h5-10,18,22H,11H2,1-4H3,(H2,32,36)/t22?,24-,43+/m1/s1. The summed E-state index contributed by atoms with van der Waals surface area (Å²) in [5.41, 5.74) is 1.62. The molecule has 18 heteroatoms. The van der Waals surface area contributed by atoms with Crippen LogP contribution in [-0.4, -0.2) is 67.6 Å². The topological polar surface area (TPSA) is 155 Å². The molecule has 0 radical (unpaired) electrons. The number of rotatable bonds is 7. The number of alkyl halides is 5. The summed E-state index contributed by atoms with van der Waals surface area (Å²) in [7, 11) is -2.93. The quantitative estimate of drug-likeness (QED) is 0.293. The zero-order chi connectivity index (χ0) is 32.0. The van der Waals surface area contributed by atoms with Gasteiger partial charge >= 0.3 is 12.1 Å². The Kier molecular flexibility index (Phi) is 8.20. The van der Waals surface area contributed by atoms with Gasteiger partial charge in [-0.25, -0.2) is 36.5 Å². The Balaban J connectivity index is 1.78. The third kappa shape index (κ3) is 5.74. The van der Waals surface area contributed by atoms with Crippen LogP contribution in [0.1, 0.15) is 26.3 Å². The molecule has 1 aromatic carbocycles. The van der Waals surface area contributed by atoms with Crippen molar-refractivity contribution in [2.45, 2.75) is 49.1 Å². The van der Waals surface area contributed by atoms with Gasteiger partial charge in [-0.3, -0.25) is 4.99 Å². The lowest BCUT2D eigenvalue weighted by Crippen LogP contribution is -2.61. The molecule has 0 fully saturated rings. The van der Waals surface area contributed by atoms with Crippen LogP contribution in [0.2, 0.25) is 0 Å². The van der Waals surface area contributed by atoms with Crippen LogP contribution in [0.25, 0.3) is 22.7 Å². The summed E-state index contributed by atoms with van der Waals surface area (Å²) >= 11 is 0. The Morgan fingerprint density at radius 3 is 2.44 bits per heavy atom. The maximum Gasteiger partial charge on any atom is 0.490 e. The molecule has 232 valence electrons. The lowest BCUT2D eigenvalue weighted by atomic mass is 9.90. The molecular formula is C25H24F6N6O5S. The number of benzene rings is 1. The van der Waals surface area contributed by atoms with Gasteiger partial charge in [0, 0.05) is 24.2 Å². The average Bonchev–Trinajstić information content (AvgIpc) is 3.43. The summed E-state index contributed by atoms with van der Waals surface area (Å²) < 4.78 is 111. The Morgan fingerprint density at radius 1 is 1.16 bits per heavy atom. The van der Waals surface area contributed by atoms with Crippen LogP contribution in [0.3, 0.4) is 0 Å². The number of esters is 1. The summed E-state index contributed by atoms with van der Waals surface area (Å²) in [6.07, 6.45) is -5.90. The highest BCUT2D eigenvalue weighted by Gasteiger charge is 2.59. The van der Waals surface area contributed by atoms with Gasteiger partial charge < -0.3 is 19.7 Å². The number of carbonyl (C=O) groups excluding carboxylic acids is 1. The van der Waals surface area contributed by atoms with E-state index in [1.54, 1.807) is 0 Å². The van der Waals surface area contributed by atoms with E-state index in [2.05, 4.69) is 24.5 Å². The van der Waals surface area contributed by atoms with E-state index in [-0.39, 0.29) is 34.4 Å². The number of nitrogens with zero attached hydrogens (tertiary/aromatic N) is 5. The van der Waals surface area contributed by atoms with Crippen molar-refractivity contribution in [2.24, 2.45) is 15.1 Å². The van der Waals surface area contributed by atoms with E-state index in [4.69, 9.17) is 19.7 Å². The number of halogens is 6. The van der Waals surface area contributed by atoms with E-state index in [9.17, 15) is 31.0 Å². The van der Waals surface area contributed by atoms with Crippen LogP contribution in [0, 0.1) is 5.82 Å². The monoisotopic (exact) mass is 634 g/mol. The molecule has 1 aliphatic rings. The molecule has 1 aliphatic heterocycles. The normalized spacial score (nSPS) is 23.5. The molecule has 43 heavy (non-hydrogen) atoms. The zero-order valence-corrected chi connectivity index (χ0v) is 23.7. The fraction of sp³-hybridized carbons (Fsp3) is 0.400. The van der Waals surface area contributed by atoms with Crippen molar-refractivity contribution in [3.63, 3.8) is 0 Å². The molecule has 3 heterocycles. The van der Waals surface area contributed by atoms with Crippen molar-refractivity contribution in [1.29, 1.82) is 0 Å². The number of aromatic nitrogens is 3. The first-order chi connectivity index (χ1) is 19.9. The number of hydrogen-bond donors (Lipinski definition) is 1. The molecule has 0 aliphatic carbocycles. The van der Waals surface area contributed by atoms with Gasteiger partial charge in [0.05, 0.1) is 12.4 Å². The van der Waals surface area contributed by atoms with Gasteiger partial charge in [0.2, 0.25) is 11.3 Å². The van der Waals surface area contributed by atoms with E-state index in [0.29, 0.717) is 0 Å². The SMILES string of the molecule is CN=[S@]1(=O)C(OC(=O)C(F)(F)F)[C@@](C)(c2cc(-c3cc(-c4cnc(OCC(F)F)cn4)no3)ccc2F)N=C(N)C1(C)C. The predicted octanol–water partition coefficient (Wildman–Crippen LogP) is 4.48. The summed E-state index contributed by atoms with van der Waals surface area (Å²) in [4.78, 5) is 24.1. The summed E-state index contributed by atoms with van der Waals surface area (Å²) in [6, 6.07) is 4.73. The number of ether oxygens (including phenoxy) is 2. The van der Waals surface area contributed by atoms with Crippen LogP contribution in [-0.2, 0) is 24.8 Å². The fourth-order valence-corrected chi connectivity index (χ4v) is 6.84. The minimum absolute atomic E-state index is 0.0255. The van der Waals surface area contributed by atoms with Gasteiger partial charge in [-0.05, 0) is 39.0 Å². The molecule has 0 saturated heterocycles. The van der Waals surface area contributed by atoms with Gasteiger partial charge in [0.15, 0.2) is 12.4 Å². The minimum Gasteiger partial charge on any atom is -0.470 e. The maximum atomic E-state index is 15.4. The first-order valence-corrected chi connectivity index (χ1v) is 13.8. The molecule has 3 aromatic rings. The summed E-state index contributed by atoms with van der Waals surface area (Å²) in [5, 5.41) is 3.86. The predicted molar refractivity (Wildman–Crippen MR) is 140 cm³/mol. The van der Waals surface area contributed by atoms with Crippen LogP contribution >= 0.6 is 0 Å². The van der Waals surface area contributed by atoms with E-state index in [0.717, 1.165) is 32.3 Å². The molecule has 11 nitrogen and oxygen atoms in total. The molecular weight excluding hydrogens is 610 g/mol. The van der Waals surface area contributed by atoms with E-state index in [1.807, 2.05) is 0 Å². The van der Waals surface area contributed by atoms with E-state index >= 15 is 4.39 Å². The molecule has 0 bridgehead atoms. The van der Waals surface area contributed by atoms with Crippen molar-refractivity contribution in [2.75, 3.05) is 13.7 Å². The van der Waals surface area contributed by atoms with Crippen molar-refractivity contribution in [1.82, 2.24) is 15.1 Å². The Morgan fingerprint density at radius 2 is 1.86 bits per heavy atom. The highest BCUT2D eigenvalue weighted by molar-refractivity contribution is 7.96. The third-order valence-electron chi connectivity index (χ3n) is 6.72. The van der Waals surface area contributed by atoms with Crippen molar-refractivity contribution in [3.05, 3.63) is 48.0 Å². The minimum atomic E-state index is -5.47. The van der Waals surface area contributed by atoms with Gasteiger partial charge in [-0.15, -0.1) is 0 Å². The van der Waals surface area contributed by atoms with Crippen molar-refractivity contribution in [3.8, 4) is 28.6 Å².